The minimum atomic E-state index is -0.998. The molecule has 1 amide bonds. The van der Waals surface area contributed by atoms with E-state index in [1.807, 2.05) is 12.1 Å². The fourth-order valence-electron chi connectivity index (χ4n) is 1.36. The Labute approximate surface area is 100 Å². The summed E-state index contributed by atoms with van der Waals surface area (Å²) in [7, 11) is 1.50. The van der Waals surface area contributed by atoms with Gasteiger partial charge in [-0.3, -0.25) is 9.78 Å². The number of aromatic nitrogens is 1. The van der Waals surface area contributed by atoms with Crippen molar-refractivity contribution in [2.24, 2.45) is 0 Å². The van der Waals surface area contributed by atoms with Crippen LogP contribution in [0.15, 0.2) is 24.5 Å². The van der Waals surface area contributed by atoms with Gasteiger partial charge in [0.1, 0.15) is 6.04 Å². The van der Waals surface area contributed by atoms with Gasteiger partial charge in [0.25, 0.3) is 0 Å². The van der Waals surface area contributed by atoms with Gasteiger partial charge in [-0.2, -0.15) is 0 Å². The van der Waals surface area contributed by atoms with E-state index in [4.69, 9.17) is 5.11 Å². The van der Waals surface area contributed by atoms with Gasteiger partial charge < -0.3 is 10.0 Å². The molecule has 0 aliphatic heterocycles. The average molecular weight is 236 g/mol. The molecule has 5 nitrogen and oxygen atoms in total. The van der Waals surface area contributed by atoms with E-state index in [2.05, 4.69) is 4.98 Å². The Kier molecular flexibility index (Phi) is 4.63. The third-order valence-corrected chi connectivity index (χ3v) is 2.68. The number of hydrogen-bond donors (Lipinski definition) is 1. The van der Waals surface area contributed by atoms with Crippen molar-refractivity contribution in [3.63, 3.8) is 0 Å². The maximum Gasteiger partial charge on any atom is 0.326 e. The van der Waals surface area contributed by atoms with E-state index in [0.717, 1.165) is 5.56 Å². The number of nitrogens with zero attached hydrogens (tertiary/aromatic N) is 2. The minimum Gasteiger partial charge on any atom is -0.480 e. The van der Waals surface area contributed by atoms with E-state index in [0.29, 0.717) is 12.8 Å². The highest BCUT2D eigenvalue weighted by atomic mass is 16.4. The summed E-state index contributed by atoms with van der Waals surface area (Å²) in [5, 5.41) is 8.78. The lowest BCUT2D eigenvalue weighted by Gasteiger charge is -2.21. The lowest BCUT2D eigenvalue weighted by atomic mass is 10.1. The van der Waals surface area contributed by atoms with Crippen LogP contribution < -0.4 is 0 Å². The van der Waals surface area contributed by atoms with E-state index in [9.17, 15) is 9.59 Å². The van der Waals surface area contributed by atoms with Crippen LogP contribution in [0.1, 0.15) is 18.9 Å². The second-order valence-electron chi connectivity index (χ2n) is 3.88. The van der Waals surface area contributed by atoms with Crippen LogP contribution in [0.5, 0.6) is 0 Å². The summed E-state index contributed by atoms with van der Waals surface area (Å²) in [6.45, 7) is 1.49. The first-order valence-electron chi connectivity index (χ1n) is 5.39. The van der Waals surface area contributed by atoms with Crippen LogP contribution in [0.25, 0.3) is 0 Å². The highest BCUT2D eigenvalue weighted by molar-refractivity contribution is 5.83. The summed E-state index contributed by atoms with van der Waals surface area (Å²) in [5.74, 6) is -1.18. The summed E-state index contributed by atoms with van der Waals surface area (Å²) >= 11 is 0. The highest BCUT2D eigenvalue weighted by Gasteiger charge is 2.20. The normalized spacial score (nSPS) is 11.9. The van der Waals surface area contributed by atoms with Crippen molar-refractivity contribution in [3.8, 4) is 0 Å². The fraction of sp³-hybridized carbons (Fsp3) is 0.417. The van der Waals surface area contributed by atoms with E-state index in [1.54, 1.807) is 12.4 Å². The van der Waals surface area contributed by atoms with Crippen LogP contribution in [0.4, 0.5) is 0 Å². The van der Waals surface area contributed by atoms with Crippen molar-refractivity contribution in [3.05, 3.63) is 30.1 Å². The molecule has 5 heteroatoms. The number of likely N-dealkylation sites (N-methyl/N-ethyl adjacent to an activating group) is 1. The number of rotatable bonds is 5. The smallest absolute Gasteiger partial charge is 0.326 e. The molecule has 0 fully saturated rings. The number of carboxylic acids is 1. The van der Waals surface area contributed by atoms with Crippen LogP contribution in [-0.4, -0.2) is 40.0 Å². The van der Waals surface area contributed by atoms with Gasteiger partial charge in [-0.15, -0.1) is 0 Å². The van der Waals surface area contributed by atoms with Crippen molar-refractivity contribution in [2.45, 2.75) is 25.8 Å². The number of aliphatic carboxylic acids is 1. The topological polar surface area (TPSA) is 70.5 Å². The van der Waals surface area contributed by atoms with Gasteiger partial charge in [0, 0.05) is 25.9 Å². The van der Waals surface area contributed by atoms with Crippen molar-refractivity contribution in [1.82, 2.24) is 9.88 Å². The Hall–Kier alpha value is -1.91. The van der Waals surface area contributed by atoms with E-state index < -0.39 is 12.0 Å². The molecule has 1 rings (SSSR count). The number of hydrogen-bond acceptors (Lipinski definition) is 3. The van der Waals surface area contributed by atoms with Crippen molar-refractivity contribution < 1.29 is 14.7 Å². The largest absolute Gasteiger partial charge is 0.480 e. The highest BCUT2D eigenvalue weighted by Crippen LogP contribution is 2.05. The number of aryl methyl sites for hydroxylation is 1. The van der Waals surface area contributed by atoms with Crippen molar-refractivity contribution in [1.29, 1.82) is 0 Å². The van der Waals surface area contributed by atoms with Gasteiger partial charge >= 0.3 is 5.97 Å². The molecule has 0 radical (unpaired) electrons. The van der Waals surface area contributed by atoms with Crippen LogP contribution in [0.2, 0.25) is 0 Å². The van der Waals surface area contributed by atoms with Gasteiger partial charge in [0.05, 0.1) is 0 Å². The fourth-order valence-corrected chi connectivity index (χ4v) is 1.36. The van der Waals surface area contributed by atoms with Crippen LogP contribution in [0.3, 0.4) is 0 Å². The Morgan fingerprint density at radius 2 is 2.24 bits per heavy atom. The van der Waals surface area contributed by atoms with Gasteiger partial charge in [-0.25, -0.2) is 4.79 Å². The molecule has 0 saturated carbocycles. The average Bonchev–Trinajstić information content (AvgIpc) is 2.35. The maximum absolute atomic E-state index is 11.7. The summed E-state index contributed by atoms with van der Waals surface area (Å²) in [6, 6.07) is 2.90. The number of amides is 1. The molecule has 1 aromatic heterocycles. The third-order valence-electron chi connectivity index (χ3n) is 2.68. The molecule has 1 atom stereocenters. The molecule has 1 unspecified atom stereocenters. The van der Waals surface area contributed by atoms with Crippen LogP contribution in [0, 0.1) is 0 Å². The Balaban J connectivity index is 2.47. The molecule has 0 spiro atoms. The van der Waals surface area contributed by atoms with Gasteiger partial charge in [0.2, 0.25) is 5.91 Å². The molecule has 0 bridgehead atoms. The van der Waals surface area contributed by atoms with Gasteiger partial charge in [-0.05, 0) is 25.0 Å². The Bertz CT molecular complexity index is 392. The van der Waals surface area contributed by atoms with E-state index in [1.165, 1.54) is 18.9 Å². The SMILES string of the molecule is CC(C(=O)O)N(C)C(=O)CCc1cccnc1. The van der Waals surface area contributed by atoms with Crippen LogP contribution in [-0.2, 0) is 16.0 Å². The predicted molar refractivity (Wildman–Crippen MR) is 62.4 cm³/mol. The molecule has 0 saturated heterocycles. The zero-order valence-corrected chi connectivity index (χ0v) is 9.96. The number of carbonyl (C=O) groups is 2. The molecule has 1 N–H and O–H groups in total. The quantitative estimate of drug-likeness (QED) is 0.826. The van der Waals surface area contributed by atoms with E-state index >= 15 is 0 Å². The lowest BCUT2D eigenvalue weighted by molar-refractivity contribution is -0.148. The standard InChI is InChI=1S/C12H16N2O3/c1-9(12(16)17)14(2)11(15)6-5-10-4-3-7-13-8-10/h3-4,7-9H,5-6H2,1-2H3,(H,16,17). The van der Waals surface area contributed by atoms with Crippen molar-refractivity contribution in [2.75, 3.05) is 7.05 Å². The first-order valence-corrected chi connectivity index (χ1v) is 5.39. The predicted octanol–water partition coefficient (Wildman–Crippen LogP) is 0.946. The second-order valence-corrected chi connectivity index (χ2v) is 3.88. The molecule has 0 aliphatic carbocycles. The Morgan fingerprint density at radius 3 is 2.76 bits per heavy atom. The molecule has 1 heterocycles. The molecule has 0 aromatic carbocycles. The molecular formula is C12H16N2O3. The zero-order valence-electron chi connectivity index (χ0n) is 9.96. The van der Waals surface area contributed by atoms with Gasteiger partial charge in [0.15, 0.2) is 0 Å². The molecule has 1 aromatic rings. The Morgan fingerprint density at radius 1 is 1.53 bits per heavy atom. The first-order chi connectivity index (χ1) is 8.02. The first kappa shape index (κ1) is 13.2. The lowest BCUT2D eigenvalue weighted by Crippen LogP contribution is -2.40. The number of pyridine rings is 1. The summed E-state index contributed by atoms with van der Waals surface area (Å²) < 4.78 is 0. The van der Waals surface area contributed by atoms with Gasteiger partial charge in [-0.1, -0.05) is 6.07 Å². The van der Waals surface area contributed by atoms with Crippen LogP contribution >= 0.6 is 0 Å². The molecule has 0 aliphatic rings. The van der Waals surface area contributed by atoms with Crippen molar-refractivity contribution >= 4 is 11.9 Å². The minimum absolute atomic E-state index is 0.177. The molecule has 17 heavy (non-hydrogen) atoms. The molecular weight excluding hydrogens is 220 g/mol. The van der Waals surface area contributed by atoms with E-state index in [-0.39, 0.29) is 5.91 Å². The second kappa shape index (κ2) is 5.98. The summed E-state index contributed by atoms with van der Waals surface area (Å²) in [6.07, 6.45) is 4.24. The zero-order chi connectivity index (χ0) is 12.8. The molecule has 92 valence electrons. The summed E-state index contributed by atoms with van der Waals surface area (Å²) in [5.41, 5.74) is 0.970. The third kappa shape index (κ3) is 3.86. The maximum atomic E-state index is 11.7. The number of carboxylic acid groups (broad SMARTS) is 1. The number of carbonyl (C=O) groups excluding carboxylic acids is 1. The summed E-state index contributed by atoms with van der Waals surface area (Å²) in [4.78, 5) is 27.6. The monoisotopic (exact) mass is 236 g/mol.